The lowest BCUT2D eigenvalue weighted by molar-refractivity contribution is -0.142. The molecule has 0 radical (unpaired) electrons. The number of likely N-dealkylation sites (tertiary alicyclic amines) is 1. The third-order valence-electron chi connectivity index (χ3n) is 4.54. The molecule has 146 valence electrons. The quantitative estimate of drug-likeness (QED) is 0.549. The van der Waals surface area contributed by atoms with Crippen molar-refractivity contribution in [1.82, 2.24) is 10.2 Å². The maximum Gasteiger partial charge on any atom is 0.290 e. The van der Waals surface area contributed by atoms with Gasteiger partial charge >= 0.3 is 0 Å². The van der Waals surface area contributed by atoms with Crippen LogP contribution in [0.25, 0.3) is 11.1 Å². The second-order valence-electron chi connectivity index (χ2n) is 6.59. The van der Waals surface area contributed by atoms with E-state index < -0.39 is 33.5 Å². The number of ketones is 1. The molecule has 9 heteroatoms. The Hall–Kier alpha value is -3.04. The molecule has 0 bridgehead atoms. The Bertz CT molecular complexity index is 1060. The van der Waals surface area contributed by atoms with Crippen LogP contribution in [-0.2, 0) is 31.0 Å². The molecular formula is C19H19N3O5S. The van der Waals surface area contributed by atoms with E-state index in [1.165, 1.54) is 24.1 Å². The highest BCUT2D eigenvalue weighted by atomic mass is 32.2. The van der Waals surface area contributed by atoms with Crippen molar-refractivity contribution in [2.75, 3.05) is 13.6 Å². The number of likely N-dealkylation sites (N-methyl/N-ethyl adjacent to an activating group) is 1. The summed E-state index contributed by atoms with van der Waals surface area (Å²) in [6.45, 7) is 0.243. The van der Waals surface area contributed by atoms with Crippen LogP contribution in [0.3, 0.4) is 0 Å². The van der Waals surface area contributed by atoms with Gasteiger partial charge in [-0.25, -0.2) is 13.6 Å². The van der Waals surface area contributed by atoms with Crippen LogP contribution < -0.4 is 10.5 Å². The van der Waals surface area contributed by atoms with Crippen LogP contribution in [0.2, 0.25) is 0 Å². The van der Waals surface area contributed by atoms with Gasteiger partial charge in [-0.05, 0) is 34.9 Å². The first-order valence-electron chi connectivity index (χ1n) is 8.46. The predicted octanol–water partition coefficient (Wildman–Crippen LogP) is 0.274. The molecule has 3 N–H and O–H groups in total. The maximum absolute atomic E-state index is 12.2. The molecule has 1 fully saturated rings. The fraction of sp³-hybridized carbons (Fsp3) is 0.211. The van der Waals surface area contributed by atoms with Gasteiger partial charge in [0.05, 0.1) is 4.90 Å². The van der Waals surface area contributed by atoms with Crippen molar-refractivity contribution in [3.63, 3.8) is 0 Å². The van der Waals surface area contributed by atoms with Gasteiger partial charge < -0.3 is 10.2 Å². The van der Waals surface area contributed by atoms with Gasteiger partial charge in [-0.3, -0.25) is 14.4 Å². The summed E-state index contributed by atoms with van der Waals surface area (Å²) < 4.78 is 23.1. The van der Waals surface area contributed by atoms with Crippen LogP contribution in [0.5, 0.6) is 0 Å². The smallest absolute Gasteiger partial charge is 0.290 e. The number of hydrogen-bond acceptors (Lipinski definition) is 5. The Kier molecular flexibility index (Phi) is 5.30. The molecule has 3 rings (SSSR count). The fourth-order valence-electron chi connectivity index (χ4n) is 3.00. The summed E-state index contributed by atoms with van der Waals surface area (Å²) in [6.07, 6.45) is 0. The number of nitrogens with zero attached hydrogens (tertiary/aromatic N) is 1. The summed E-state index contributed by atoms with van der Waals surface area (Å²) in [5.74, 6) is -2.85. The van der Waals surface area contributed by atoms with Crippen LogP contribution in [0.15, 0.2) is 53.4 Å². The van der Waals surface area contributed by atoms with Crippen LogP contribution >= 0.6 is 0 Å². The molecule has 1 aliphatic rings. The van der Waals surface area contributed by atoms with E-state index in [1.54, 1.807) is 30.3 Å². The van der Waals surface area contributed by atoms with Gasteiger partial charge in [-0.1, -0.05) is 30.3 Å². The lowest BCUT2D eigenvalue weighted by atomic mass is 10.0. The van der Waals surface area contributed by atoms with Gasteiger partial charge in [0.2, 0.25) is 21.7 Å². The van der Waals surface area contributed by atoms with Gasteiger partial charge in [0, 0.05) is 20.1 Å². The summed E-state index contributed by atoms with van der Waals surface area (Å²) >= 11 is 0. The zero-order chi connectivity index (χ0) is 20.5. The molecule has 0 aliphatic carbocycles. The number of hydrogen-bond donors (Lipinski definition) is 2. The second-order valence-corrected chi connectivity index (χ2v) is 8.15. The number of carbonyl (C=O) groups excluding carboxylic acids is 3. The van der Waals surface area contributed by atoms with E-state index in [-0.39, 0.29) is 18.0 Å². The molecule has 2 aromatic rings. The average molecular weight is 401 g/mol. The first kappa shape index (κ1) is 19.7. The number of nitrogens with one attached hydrogen (secondary N) is 1. The molecule has 1 unspecified atom stereocenters. The zero-order valence-electron chi connectivity index (χ0n) is 15.1. The SMILES string of the molecule is CN1CC(C(=O)NCc2cccc(-c3cccc(S(N)(=O)=O)c3)c2)C(=O)C1=O. The minimum absolute atomic E-state index is 0.0113. The monoisotopic (exact) mass is 401 g/mol. The van der Waals surface area contributed by atoms with Gasteiger partial charge in [0.15, 0.2) is 0 Å². The molecular weight excluding hydrogens is 382 g/mol. The van der Waals surface area contributed by atoms with Crippen molar-refractivity contribution in [1.29, 1.82) is 0 Å². The summed E-state index contributed by atoms with van der Waals surface area (Å²) in [5.41, 5.74) is 2.18. The van der Waals surface area contributed by atoms with E-state index in [0.29, 0.717) is 5.56 Å². The van der Waals surface area contributed by atoms with Crippen LogP contribution in [0.1, 0.15) is 5.56 Å². The molecule has 0 saturated carbocycles. The summed E-state index contributed by atoms with van der Waals surface area (Å²) in [5, 5.41) is 7.85. The molecule has 2 aromatic carbocycles. The highest BCUT2D eigenvalue weighted by molar-refractivity contribution is 7.89. The van der Waals surface area contributed by atoms with Crippen molar-refractivity contribution < 1.29 is 22.8 Å². The lowest BCUT2D eigenvalue weighted by Crippen LogP contribution is -2.35. The van der Waals surface area contributed by atoms with Crippen molar-refractivity contribution in [3.05, 3.63) is 54.1 Å². The van der Waals surface area contributed by atoms with Crippen LogP contribution in [0, 0.1) is 5.92 Å². The summed E-state index contributed by atoms with van der Waals surface area (Å²) in [7, 11) is -2.33. The third-order valence-corrected chi connectivity index (χ3v) is 5.45. The van der Waals surface area contributed by atoms with E-state index in [2.05, 4.69) is 5.32 Å². The van der Waals surface area contributed by atoms with Gasteiger partial charge in [-0.15, -0.1) is 0 Å². The van der Waals surface area contributed by atoms with Gasteiger partial charge in [-0.2, -0.15) is 0 Å². The standard InChI is InChI=1S/C19H19N3O5S/c1-22-11-16(17(23)19(22)25)18(24)21-10-12-4-2-5-13(8-12)14-6-3-7-15(9-14)28(20,26)27/h2-9,16H,10-11H2,1H3,(H,21,24)(H2,20,26,27). The van der Waals surface area contributed by atoms with Crippen molar-refractivity contribution in [2.24, 2.45) is 11.1 Å². The number of primary sulfonamides is 1. The van der Waals surface area contributed by atoms with E-state index in [9.17, 15) is 22.8 Å². The number of rotatable bonds is 5. The lowest BCUT2D eigenvalue weighted by Gasteiger charge is -2.11. The third kappa shape index (κ3) is 4.10. The number of amides is 2. The normalized spacial score (nSPS) is 17.1. The highest BCUT2D eigenvalue weighted by Gasteiger charge is 2.41. The zero-order valence-corrected chi connectivity index (χ0v) is 15.9. The van der Waals surface area contributed by atoms with E-state index in [4.69, 9.17) is 5.14 Å². The first-order valence-corrected chi connectivity index (χ1v) is 10.0. The Balaban J connectivity index is 1.73. The molecule has 1 atom stereocenters. The molecule has 2 amide bonds. The molecule has 8 nitrogen and oxygen atoms in total. The maximum atomic E-state index is 12.2. The minimum Gasteiger partial charge on any atom is -0.351 e. The van der Waals surface area contributed by atoms with E-state index in [0.717, 1.165) is 11.1 Å². The number of Topliss-reactive ketones (excluding diaryl/α,β-unsaturated/α-hetero) is 1. The topological polar surface area (TPSA) is 127 Å². The molecule has 28 heavy (non-hydrogen) atoms. The molecule has 0 spiro atoms. The van der Waals surface area contributed by atoms with Gasteiger partial charge in [0.25, 0.3) is 5.91 Å². The Morgan fingerprint density at radius 2 is 1.79 bits per heavy atom. The van der Waals surface area contributed by atoms with Crippen molar-refractivity contribution in [2.45, 2.75) is 11.4 Å². The van der Waals surface area contributed by atoms with Gasteiger partial charge in [0.1, 0.15) is 5.92 Å². The van der Waals surface area contributed by atoms with Crippen LogP contribution in [0.4, 0.5) is 0 Å². The first-order chi connectivity index (χ1) is 13.2. The second kappa shape index (κ2) is 7.53. The number of sulfonamides is 1. The largest absolute Gasteiger partial charge is 0.351 e. The molecule has 0 aromatic heterocycles. The van der Waals surface area contributed by atoms with Crippen molar-refractivity contribution in [3.8, 4) is 11.1 Å². The fourth-order valence-corrected chi connectivity index (χ4v) is 3.56. The summed E-state index contributed by atoms with van der Waals surface area (Å²) in [4.78, 5) is 36.8. The number of carbonyl (C=O) groups is 3. The Morgan fingerprint density at radius 1 is 1.14 bits per heavy atom. The number of benzene rings is 2. The van der Waals surface area contributed by atoms with E-state index in [1.807, 2.05) is 6.07 Å². The predicted molar refractivity (Wildman–Crippen MR) is 101 cm³/mol. The van der Waals surface area contributed by atoms with Crippen molar-refractivity contribution >= 4 is 27.6 Å². The summed E-state index contributed by atoms with van der Waals surface area (Å²) in [6, 6.07) is 13.4. The molecule has 1 saturated heterocycles. The molecule has 1 heterocycles. The molecule has 1 aliphatic heterocycles. The average Bonchev–Trinajstić information content (AvgIpc) is 2.93. The Labute approximate surface area is 162 Å². The van der Waals surface area contributed by atoms with E-state index >= 15 is 0 Å². The minimum atomic E-state index is -3.81. The number of nitrogens with two attached hydrogens (primary N) is 1. The highest BCUT2D eigenvalue weighted by Crippen LogP contribution is 2.23. The van der Waals surface area contributed by atoms with Crippen LogP contribution in [-0.4, -0.2) is 44.5 Å². The Morgan fingerprint density at radius 3 is 2.39 bits per heavy atom.